The Labute approximate surface area is 99.8 Å². The third-order valence-corrected chi connectivity index (χ3v) is 3.38. The lowest BCUT2D eigenvalue weighted by Crippen LogP contribution is -2.50. The summed E-state index contributed by atoms with van der Waals surface area (Å²) in [4.78, 5) is 4.00. The van der Waals surface area contributed by atoms with Crippen LogP contribution >= 0.6 is 0 Å². The van der Waals surface area contributed by atoms with Gasteiger partial charge in [0.05, 0.1) is 11.4 Å². The molecule has 1 aromatic carbocycles. The monoisotopic (exact) mass is 241 g/mol. The first-order chi connectivity index (χ1) is 8.00. The van der Waals surface area contributed by atoms with Crippen molar-refractivity contribution in [3.8, 4) is 0 Å². The average molecular weight is 241 g/mol. The van der Waals surface area contributed by atoms with Gasteiger partial charge in [-0.15, -0.1) is 0 Å². The van der Waals surface area contributed by atoms with Crippen molar-refractivity contribution in [2.24, 2.45) is 0 Å². The molecule has 0 radical (unpaired) electrons. The van der Waals surface area contributed by atoms with Crippen molar-refractivity contribution in [3.05, 3.63) is 23.8 Å². The van der Waals surface area contributed by atoms with E-state index in [1.165, 1.54) is 6.07 Å². The largest absolute Gasteiger partial charge is 0.397 e. The number of nitrogen functional groups attached to an aromatic ring is 1. The Kier molecular flexibility index (Phi) is 3.19. The molecule has 0 spiro atoms. The van der Waals surface area contributed by atoms with Gasteiger partial charge in [-0.3, -0.25) is 0 Å². The molecule has 1 aliphatic rings. The maximum absolute atomic E-state index is 13.8. The van der Waals surface area contributed by atoms with Crippen LogP contribution in [0.3, 0.4) is 0 Å². The zero-order chi connectivity index (χ0) is 12.6. The Balaban J connectivity index is 2.31. The van der Waals surface area contributed by atoms with Crippen LogP contribution in [0.15, 0.2) is 12.1 Å². The molecule has 2 N–H and O–H groups in total. The number of hydrogen-bond acceptors (Lipinski definition) is 3. The summed E-state index contributed by atoms with van der Waals surface area (Å²) >= 11 is 0. The molecule has 1 fully saturated rings. The van der Waals surface area contributed by atoms with Crippen LogP contribution in [-0.2, 0) is 0 Å². The third-order valence-electron chi connectivity index (χ3n) is 3.38. The molecule has 0 aromatic heterocycles. The molecular weight excluding hydrogens is 224 g/mol. The summed E-state index contributed by atoms with van der Waals surface area (Å²) in [5, 5.41) is 0. The fourth-order valence-electron chi connectivity index (χ4n) is 2.13. The first-order valence-electron chi connectivity index (χ1n) is 5.69. The summed E-state index contributed by atoms with van der Waals surface area (Å²) < 4.78 is 27.0. The van der Waals surface area contributed by atoms with Gasteiger partial charge in [0.15, 0.2) is 11.6 Å². The molecule has 1 atom stereocenters. The third kappa shape index (κ3) is 2.20. The van der Waals surface area contributed by atoms with Crippen molar-refractivity contribution in [1.82, 2.24) is 4.90 Å². The van der Waals surface area contributed by atoms with Crippen LogP contribution in [0.25, 0.3) is 0 Å². The molecule has 1 aliphatic heterocycles. The Morgan fingerprint density at radius 1 is 1.29 bits per heavy atom. The molecule has 17 heavy (non-hydrogen) atoms. The van der Waals surface area contributed by atoms with Gasteiger partial charge >= 0.3 is 0 Å². The number of likely N-dealkylation sites (N-methyl/N-ethyl adjacent to an activating group) is 1. The van der Waals surface area contributed by atoms with Gasteiger partial charge in [0.25, 0.3) is 0 Å². The Morgan fingerprint density at radius 2 is 2.00 bits per heavy atom. The summed E-state index contributed by atoms with van der Waals surface area (Å²) in [6.07, 6.45) is 0. The minimum absolute atomic E-state index is 0.199. The highest BCUT2D eigenvalue weighted by Gasteiger charge is 2.25. The van der Waals surface area contributed by atoms with Crippen molar-refractivity contribution in [2.75, 3.05) is 37.3 Å². The standard InChI is InChI=1S/C12H17F2N3/c1-8-7-17(6-5-16(8)2)12-10(15)4-3-9(13)11(12)14/h3-4,8H,5-7,15H2,1-2H3. The van der Waals surface area contributed by atoms with E-state index in [2.05, 4.69) is 11.8 Å². The topological polar surface area (TPSA) is 32.5 Å². The van der Waals surface area contributed by atoms with Crippen molar-refractivity contribution < 1.29 is 8.78 Å². The summed E-state index contributed by atoms with van der Waals surface area (Å²) in [5.41, 5.74) is 6.23. The van der Waals surface area contributed by atoms with Crippen molar-refractivity contribution in [3.63, 3.8) is 0 Å². The van der Waals surface area contributed by atoms with E-state index < -0.39 is 11.6 Å². The number of nitrogens with zero attached hydrogens (tertiary/aromatic N) is 2. The minimum Gasteiger partial charge on any atom is -0.397 e. The van der Waals surface area contributed by atoms with Crippen molar-refractivity contribution >= 4 is 11.4 Å². The lowest BCUT2D eigenvalue weighted by Gasteiger charge is -2.39. The van der Waals surface area contributed by atoms with Gasteiger partial charge in [0, 0.05) is 25.7 Å². The summed E-state index contributed by atoms with van der Waals surface area (Å²) in [5.74, 6) is -1.69. The SMILES string of the molecule is CC1CN(c2c(N)ccc(F)c2F)CCN1C. The van der Waals surface area contributed by atoms with Gasteiger partial charge in [-0.2, -0.15) is 0 Å². The van der Waals surface area contributed by atoms with Crippen LogP contribution in [-0.4, -0.2) is 37.6 Å². The zero-order valence-corrected chi connectivity index (χ0v) is 10.1. The van der Waals surface area contributed by atoms with Crippen LogP contribution in [0.5, 0.6) is 0 Å². The first-order valence-corrected chi connectivity index (χ1v) is 5.69. The molecule has 94 valence electrons. The molecule has 0 aliphatic carbocycles. The first kappa shape index (κ1) is 12.1. The van der Waals surface area contributed by atoms with Crippen LogP contribution < -0.4 is 10.6 Å². The number of benzene rings is 1. The fourth-order valence-corrected chi connectivity index (χ4v) is 2.13. The van der Waals surface area contributed by atoms with Gasteiger partial charge in [0.1, 0.15) is 0 Å². The lowest BCUT2D eigenvalue weighted by atomic mass is 10.1. The molecule has 0 bridgehead atoms. The van der Waals surface area contributed by atoms with E-state index in [1.807, 2.05) is 11.9 Å². The van der Waals surface area contributed by atoms with Gasteiger partial charge < -0.3 is 15.5 Å². The van der Waals surface area contributed by atoms with Gasteiger partial charge in [-0.25, -0.2) is 8.78 Å². The predicted molar refractivity (Wildman–Crippen MR) is 65.1 cm³/mol. The quantitative estimate of drug-likeness (QED) is 0.759. The molecule has 1 aromatic rings. The Morgan fingerprint density at radius 3 is 2.65 bits per heavy atom. The molecular formula is C12H17F2N3. The van der Waals surface area contributed by atoms with Crippen molar-refractivity contribution in [2.45, 2.75) is 13.0 Å². The molecule has 2 rings (SSSR count). The molecule has 1 unspecified atom stereocenters. The number of piperazine rings is 1. The maximum Gasteiger partial charge on any atom is 0.184 e. The van der Waals surface area contributed by atoms with E-state index in [0.29, 0.717) is 24.8 Å². The number of halogens is 2. The predicted octanol–water partition coefficient (Wildman–Crippen LogP) is 1.69. The maximum atomic E-state index is 13.8. The van der Waals surface area contributed by atoms with E-state index in [0.717, 1.165) is 12.6 Å². The van der Waals surface area contributed by atoms with E-state index in [4.69, 9.17) is 5.73 Å². The molecule has 3 nitrogen and oxygen atoms in total. The smallest absolute Gasteiger partial charge is 0.184 e. The van der Waals surface area contributed by atoms with E-state index in [9.17, 15) is 8.78 Å². The normalized spacial score (nSPS) is 21.9. The Bertz CT molecular complexity index is 422. The average Bonchev–Trinajstić information content (AvgIpc) is 2.29. The van der Waals surface area contributed by atoms with Crippen LogP contribution in [0.4, 0.5) is 20.2 Å². The summed E-state index contributed by atoms with van der Waals surface area (Å²) in [7, 11) is 2.02. The van der Waals surface area contributed by atoms with E-state index in [-0.39, 0.29) is 5.69 Å². The second-order valence-electron chi connectivity index (χ2n) is 4.57. The summed E-state index contributed by atoms with van der Waals surface area (Å²) in [6, 6.07) is 2.77. The van der Waals surface area contributed by atoms with E-state index >= 15 is 0 Å². The molecule has 0 amide bonds. The van der Waals surface area contributed by atoms with Crippen LogP contribution in [0.1, 0.15) is 6.92 Å². The number of rotatable bonds is 1. The highest BCUT2D eigenvalue weighted by Crippen LogP contribution is 2.30. The molecule has 5 heteroatoms. The van der Waals surface area contributed by atoms with Gasteiger partial charge in [0.2, 0.25) is 0 Å². The number of nitrogens with two attached hydrogens (primary N) is 1. The molecule has 0 saturated carbocycles. The molecule has 1 heterocycles. The van der Waals surface area contributed by atoms with Gasteiger partial charge in [-0.05, 0) is 26.1 Å². The highest BCUT2D eigenvalue weighted by atomic mass is 19.2. The minimum atomic E-state index is -0.846. The second-order valence-corrected chi connectivity index (χ2v) is 4.57. The van der Waals surface area contributed by atoms with Gasteiger partial charge in [-0.1, -0.05) is 0 Å². The fraction of sp³-hybridized carbons (Fsp3) is 0.500. The molecule has 1 saturated heterocycles. The van der Waals surface area contributed by atoms with E-state index in [1.54, 1.807) is 0 Å². The highest BCUT2D eigenvalue weighted by molar-refractivity contribution is 5.68. The van der Waals surface area contributed by atoms with Crippen LogP contribution in [0.2, 0.25) is 0 Å². The summed E-state index contributed by atoms with van der Waals surface area (Å²) in [6.45, 7) is 4.18. The second kappa shape index (κ2) is 4.49. The number of anilines is 2. The van der Waals surface area contributed by atoms with Crippen LogP contribution in [0, 0.1) is 11.6 Å². The lowest BCUT2D eigenvalue weighted by molar-refractivity contribution is 0.233. The zero-order valence-electron chi connectivity index (χ0n) is 10.1. The number of hydrogen-bond donors (Lipinski definition) is 1. The Hall–Kier alpha value is -1.36. The van der Waals surface area contributed by atoms with Crippen molar-refractivity contribution in [1.29, 1.82) is 0 Å².